The maximum Gasteiger partial charge on any atom is 0.335 e. The van der Waals surface area contributed by atoms with Crippen molar-refractivity contribution in [2.75, 3.05) is 20.2 Å². The van der Waals surface area contributed by atoms with E-state index >= 15 is 0 Å². The second-order valence-electron chi connectivity index (χ2n) is 5.72. The number of carbonyl (C=O) groups excluding carboxylic acids is 1. The number of nitrogens with zero attached hydrogens (tertiary/aromatic N) is 1. The van der Waals surface area contributed by atoms with Crippen molar-refractivity contribution >= 4 is 14.0 Å². The summed E-state index contributed by atoms with van der Waals surface area (Å²) in [6.45, 7) is 8.49. The number of ether oxygens (including phenoxy) is 2. The summed E-state index contributed by atoms with van der Waals surface area (Å²) in [5, 5.41) is 0. The van der Waals surface area contributed by atoms with E-state index in [1.807, 2.05) is 0 Å². The first-order valence-electron chi connectivity index (χ1n) is 6.16. The van der Waals surface area contributed by atoms with Crippen LogP contribution in [0, 0.1) is 0 Å². The zero-order valence-electron chi connectivity index (χ0n) is 11.1. The molecule has 0 amide bonds. The first kappa shape index (κ1) is 12.6. The lowest BCUT2D eigenvalue weighted by Crippen LogP contribution is -2.58. The smallest absolute Gasteiger partial charge is 0.335 e. The standard InChI is InChI=1S/C12H21NO3Si/c1-15-12(17(2,3)4)10(9-11(14)16-12)13-7-5-6-8-13/h9H,5-8H2,1-4H3. The minimum atomic E-state index is -1.82. The normalized spacial score (nSPS) is 29.5. The number of rotatable bonds is 3. The van der Waals surface area contributed by atoms with E-state index in [-0.39, 0.29) is 5.97 Å². The molecule has 1 fully saturated rings. The molecule has 2 aliphatic heterocycles. The summed E-state index contributed by atoms with van der Waals surface area (Å²) in [6.07, 6.45) is 3.97. The summed E-state index contributed by atoms with van der Waals surface area (Å²) in [7, 11) is -0.182. The van der Waals surface area contributed by atoms with Gasteiger partial charge >= 0.3 is 5.97 Å². The van der Waals surface area contributed by atoms with E-state index in [2.05, 4.69) is 24.5 Å². The first-order valence-corrected chi connectivity index (χ1v) is 9.66. The Morgan fingerprint density at radius 2 is 1.94 bits per heavy atom. The number of hydrogen-bond donors (Lipinski definition) is 0. The van der Waals surface area contributed by atoms with Gasteiger partial charge in [-0.1, -0.05) is 19.6 Å². The predicted molar refractivity (Wildman–Crippen MR) is 68.1 cm³/mol. The molecule has 1 saturated heterocycles. The SMILES string of the molecule is COC1([Si](C)(C)C)OC(=O)C=C1N1CCCC1. The largest absolute Gasteiger partial charge is 0.428 e. The van der Waals surface area contributed by atoms with Gasteiger partial charge in [-0.2, -0.15) is 0 Å². The molecule has 2 aliphatic rings. The van der Waals surface area contributed by atoms with Gasteiger partial charge in [-0.05, 0) is 12.8 Å². The van der Waals surface area contributed by atoms with Crippen molar-refractivity contribution in [1.29, 1.82) is 0 Å². The van der Waals surface area contributed by atoms with Gasteiger partial charge in [0.2, 0.25) is 5.41 Å². The molecule has 1 atom stereocenters. The lowest BCUT2D eigenvalue weighted by Gasteiger charge is -2.42. The highest BCUT2D eigenvalue weighted by molar-refractivity contribution is 6.79. The number of esters is 1. The Hall–Kier alpha value is -0.813. The Balaban J connectivity index is 2.38. The van der Waals surface area contributed by atoms with Gasteiger partial charge in [-0.15, -0.1) is 0 Å². The highest BCUT2D eigenvalue weighted by Gasteiger charge is 2.56. The third kappa shape index (κ3) is 1.91. The average Bonchev–Trinajstić information content (AvgIpc) is 2.82. The van der Waals surface area contributed by atoms with Crippen LogP contribution < -0.4 is 0 Å². The van der Waals surface area contributed by atoms with E-state index in [0.717, 1.165) is 18.8 Å². The van der Waals surface area contributed by atoms with Crippen molar-refractivity contribution in [3.05, 3.63) is 11.8 Å². The van der Waals surface area contributed by atoms with Crippen LogP contribution in [0.5, 0.6) is 0 Å². The Labute approximate surface area is 104 Å². The van der Waals surface area contributed by atoms with Crippen molar-refractivity contribution < 1.29 is 14.3 Å². The molecule has 2 heterocycles. The van der Waals surface area contributed by atoms with Crippen molar-refractivity contribution in [1.82, 2.24) is 4.90 Å². The summed E-state index contributed by atoms with van der Waals surface area (Å²) < 4.78 is 11.2. The molecule has 0 saturated carbocycles. The molecule has 0 spiro atoms. The molecule has 0 bridgehead atoms. The molecule has 5 heteroatoms. The van der Waals surface area contributed by atoms with Crippen molar-refractivity contribution in [3.63, 3.8) is 0 Å². The Morgan fingerprint density at radius 1 is 1.35 bits per heavy atom. The van der Waals surface area contributed by atoms with E-state index in [1.54, 1.807) is 13.2 Å². The van der Waals surface area contributed by atoms with Gasteiger partial charge < -0.3 is 14.4 Å². The number of methoxy groups -OCH3 is 1. The minimum absolute atomic E-state index is 0.267. The summed E-state index contributed by atoms with van der Waals surface area (Å²) in [5.74, 6) is -0.267. The highest BCUT2D eigenvalue weighted by Crippen LogP contribution is 2.40. The second-order valence-corrected chi connectivity index (χ2v) is 10.9. The molecule has 0 aromatic rings. The number of likely N-dealkylation sites (tertiary alicyclic amines) is 1. The topological polar surface area (TPSA) is 38.8 Å². The van der Waals surface area contributed by atoms with Crippen molar-refractivity contribution in [2.45, 2.75) is 37.9 Å². The van der Waals surface area contributed by atoms with Gasteiger partial charge in [0.05, 0.1) is 5.70 Å². The molecule has 17 heavy (non-hydrogen) atoms. The van der Waals surface area contributed by atoms with Crippen LogP contribution in [0.1, 0.15) is 12.8 Å². The molecular formula is C12H21NO3Si. The molecule has 0 aromatic heterocycles. The number of cyclic esters (lactones) is 1. The number of carbonyl (C=O) groups is 1. The third-order valence-electron chi connectivity index (χ3n) is 3.56. The average molecular weight is 255 g/mol. The maximum atomic E-state index is 11.6. The van der Waals surface area contributed by atoms with Crippen LogP contribution in [-0.4, -0.2) is 44.6 Å². The van der Waals surface area contributed by atoms with Gasteiger partial charge in [-0.25, -0.2) is 4.79 Å². The van der Waals surface area contributed by atoms with Crippen LogP contribution in [0.2, 0.25) is 19.6 Å². The minimum Gasteiger partial charge on any atom is -0.428 e. The van der Waals surface area contributed by atoms with Crippen LogP contribution in [0.25, 0.3) is 0 Å². The summed E-state index contributed by atoms with van der Waals surface area (Å²) in [4.78, 5) is 13.9. The zero-order valence-corrected chi connectivity index (χ0v) is 12.1. The molecule has 0 aliphatic carbocycles. The molecule has 0 N–H and O–H groups in total. The lowest BCUT2D eigenvalue weighted by molar-refractivity contribution is -0.171. The van der Waals surface area contributed by atoms with Crippen LogP contribution in [0.15, 0.2) is 11.8 Å². The van der Waals surface area contributed by atoms with Gasteiger partial charge in [0.1, 0.15) is 8.07 Å². The molecular weight excluding hydrogens is 234 g/mol. The fourth-order valence-electron chi connectivity index (χ4n) is 2.68. The van der Waals surface area contributed by atoms with Crippen LogP contribution in [0.3, 0.4) is 0 Å². The molecule has 1 unspecified atom stereocenters. The van der Waals surface area contributed by atoms with E-state index in [9.17, 15) is 4.79 Å². The molecule has 2 rings (SSSR count). The second kappa shape index (κ2) is 4.14. The van der Waals surface area contributed by atoms with E-state index in [4.69, 9.17) is 9.47 Å². The molecule has 96 valence electrons. The molecule has 4 nitrogen and oxygen atoms in total. The van der Waals surface area contributed by atoms with Crippen LogP contribution in [0.4, 0.5) is 0 Å². The van der Waals surface area contributed by atoms with Gasteiger partial charge in [0.15, 0.2) is 0 Å². The summed E-state index contributed by atoms with van der Waals surface area (Å²) in [5.41, 5.74) is 0.149. The van der Waals surface area contributed by atoms with Crippen molar-refractivity contribution in [3.8, 4) is 0 Å². The predicted octanol–water partition coefficient (Wildman–Crippen LogP) is 1.74. The molecule has 0 aromatic carbocycles. The van der Waals surface area contributed by atoms with Crippen LogP contribution >= 0.6 is 0 Å². The number of hydrogen-bond acceptors (Lipinski definition) is 4. The third-order valence-corrected chi connectivity index (χ3v) is 6.09. The van der Waals surface area contributed by atoms with E-state index in [1.165, 1.54) is 12.8 Å². The van der Waals surface area contributed by atoms with E-state index < -0.39 is 13.5 Å². The van der Waals surface area contributed by atoms with Gasteiger partial charge in [-0.3, -0.25) is 0 Å². The van der Waals surface area contributed by atoms with Crippen LogP contribution in [-0.2, 0) is 14.3 Å². The Bertz CT molecular complexity index is 355. The Kier molecular flexibility index (Phi) is 3.07. The fourth-order valence-corrected chi connectivity index (χ4v) is 4.70. The Morgan fingerprint density at radius 3 is 2.41 bits per heavy atom. The van der Waals surface area contributed by atoms with E-state index in [0.29, 0.717) is 0 Å². The fraction of sp³-hybridized carbons (Fsp3) is 0.750. The summed E-state index contributed by atoms with van der Waals surface area (Å²) >= 11 is 0. The summed E-state index contributed by atoms with van der Waals surface area (Å²) in [6, 6.07) is 0. The highest BCUT2D eigenvalue weighted by atomic mass is 28.3. The van der Waals surface area contributed by atoms with Gasteiger partial charge in [0, 0.05) is 26.3 Å². The molecule has 0 radical (unpaired) electrons. The zero-order chi connectivity index (χ0) is 12.7. The quantitative estimate of drug-likeness (QED) is 0.569. The lowest BCUT2D eigenvalue weighted by atomic mass is 10.3. The maximum absolute atomic E-state index is 11.6. The van der Waals surface area contributed by atoms with Crippen molar-refractivity contribution in [2.24, 2.45) is 0 Å². The van der Waals surface area contributed by atoms with Gasteiger partial charge in [0.25, 0.3) is 0 Å². The first-order chi connectivity index (χ1) is 7.90. The monoisotopic (exact) mass is 255 g/mol.